The standard InChI is InChI=1S/C21H15N3O3S/c1-2-11-24-20(26)16(19(25)23-21(24)28)12-14-7-3-5-9-17(14)27-18-10-6-4-8-15(18)13-22/h2-10,12H,1,11H2,(H,23,25,28)/b16-12+. The molecule has 2 aromatic rings. The first-order valence-electron chi connectivity index (χ1n) is 8.31. The summed E-state index contributed by atoms with van der Waals surface area (Å²) in [5.74, 6) is -0.310. The summed E-state index contributed by atoms with van der Waals surface area (Å²) in [6.07, 6.45) is 2.97. The van der Waals surface area contributed by atoms with E-state index in [0.29, 0.717) is 22.6 Å². The summed E-state index contributed by atoms with van der Waals surface area (Å²) in [6.45, 7) is 3.78. The summed E-state index contributed by atoms with van der Waals surface area (Å²) in [7, 11) is 0. The van der Waals surface area contributed by atoms with E-state index >= 15 is 0 Å². The van der Waals surface area contributed by atoms with Gasteiger partial charge in [-0.05, 0) is 36.5 Å². The largest absolute Gasteiger partial charge is 0.455 e. The molecule has 1 N–H and O–H groups in total. The van der Waals surface area contributed by atoms with Crippen LogP contribution in [0, 0.1) is 11.3 Å². The summed E-state index contributed by atoms with van der Waals surface area (Å²) in [5, 5.41) is 11.8. The van der Waals surface area contributed by atoms with E-state index in [-0.39, 0.29) is 17.2 Å². The lowest BCUT2D eigenvalue weighted by Gasteiger charge is -2.27. The van der Waals surface area contributed by atoms with Crippen molar-refractivity contribution in [2.24, 2.45) is 0 Å². The highest BCUT2D eigenvalue weighted by Gasteiger charge is 2.32. The molecule has 0 bridgehead atoms. The molecule has 1 saturated heterocycles. The van der Waals surface area contributed by atoms with E-state index in [2.05, 4.69) is 18.0 Å². The number of hydrogen-bond donors (Lipinski definition) is 1. The van der Waals surface area contributed by atoms with Gasteiger partial charge in [0, 0.05) is 12.1 Å². The van der Waals surface area contributed by atoms with Crippen molar-refractivity contribution in [2.45, 2.75) is 0 Å². The minimum atomic E-state index is -0.581. The number of benzene rings is 2. The summed E-state index contributed by atoms with van der Waals surface area (Å²) >= 11 is 5.05. The molecule has 0 aliphatic carbocycles. The maximum Gasteiger partial charge on any atom is 0.265 e. The molecule has 0 radical (unpaired) electrons. The maximum atomic E-state index is 12.7. The third-order valence-corrected chi connectivity index (χ3v) is 4.27. The number of thiocarbonyl (C=S) groups is 1. The molecule has 0 aromatic heterocycles. The number of rotatable bonds is 5. The van der Waals surface area contributed by atoms with Crippen molar-refractivity contribution in [1.82, 2.24) is 10.2 Å². The van der Waals surface area contributed by atoms with E-state index in [4.69, 9.17) is 17.0 Å². The molecule has 1 aliphatic heterocycles. The highest BCUT2D eigenvalue weighted by molar-refractivity contribution is 7.80. The lowest BCUT2D eigenvalue weighted by atomic mass is 10.1. The molecule has 3 rings (SSSR count). The van der Waals surface area contributed by atoms with Crippen LogP contribution in [0.2, 0.25) is 0 Å². The third kappa shape index (κ3) is 3.82. The second-order valence-electron chi connectivity index (χ2n) is 5.77. The topological polar surface area (TPSA) is 82.4 Å². The predicted octanol–water partition coefficient (Wildman–Crippen LogP) is 3.16. The molecule has 138 valence electrons. The molecule has 2 aromatic carbocycles. The Balaban J connectivity index is 1.99. The van der Waals surface area contributed by atoms with Crippen LogP contribution in [-0.2, 0) is 9.59 Å². The van der Waals surface area contributed by atoms with Gasteiger partial charge in [-0.2, -0.15) is 5.26 Å². The lowest BCUT2D eigenvalue weighted by molar-refractivity contribution is -0.128. The molecule has 1 fully saturated rings. The molecule has 2 amide bonds. The van der Waals surface area contributed by atoms with Gasteiger partial charge in [0.25, 0.3) is 11.8 Å². The molecule has 28 heavy (non-hydrogen) atoms. The monoisotopic (exact) mass is 389 g/mol. The molecule has 0 spiro atoms. The van der Waals surface area contributed by atoms with Crippen molar-refractivity contribution in [3.63, 3.8) is 0 Å². The molecule has 0 unspecified atom stereocenters. The fourth-order valence-corrected chi connectivity index (χ4v) is 2.85. The van der Waals surface area contributed by atoms with Crippen molar-refractivity contribution < 1.29 is 14.3 Å². The number of carbonyl (C=O) groups is 2. The highest BCUT2D eigenvalue weighted by atomic mass is 32.1. The van der Waals surface area contributed by atoms with Crippen LogP contribution in [0.1, 0.15) is 11.1 Å². The zero-order chi connectivity index (χ0) is 20.1. The van der Waals surface area contributed by atoms with Gasteiger partial charge in [0.1, 0.15) is 23.1 Å². The molecular weight excluding hydrogens is 374 g/mol. The fourth-order valence-electron chi connectivity index (χ4n) is 2.60. The number of nitriles is 1. The minimum Gasteiger partial charge on any atom is -0.455 e. The van der Waals surface area contributed by atoms with Gasteiger partial charge >= 0.3 is 0 Å². The van der Waals surface area contributed by atoms with Gasteiger partial charge in [-0.1, -0.05) is 36.4 Å². The number of amides is 2. The molecule has 0 saturated carbocycles. The normalized spacial score (nSPS) is 15.2. The van der Waals surface area contributed by atoms with Crippen LogP contribution < -0.4 is 10.1 Å². The summed E-state index contributed by atoms with van der Waals surface area (Å²) < 4.78 is 5.87. The first-order chi connectivity index (χ1) is 13.5. The molecule has 1 heterocycles. The number of nitrogens with zero attached hydrogens (tertiary/aromatic N) is 2. The molecule has 6 nitrogen and oxygen atoms in total. The quantitative estimate of drug-likeness (QED) is 0.368. The Labute approximate surface area is 167 Å². The van der Waals surface area contributed by atoms with Crippen LogP contribution in [-0.4, -0.2) is 28.4 Å². The van der Waals surface area contributed by atoms with E-state index in [1.807, 2.05) is 0 Å². The first-order valence-corrected chi connectivity index (χ1v) is 8.71. The third-order valence-electron chi connectivity index (χ3n) is 3.94. The second kappa shape index (κ2) is 8.29. The number of para-hydroxylation sites is 2. The van der Waals surface area contributed by atoms with Crippen LogP contribution in [0.4, 0.5) is 0 Å². The Bertz CT molecular complexity index is 1050. The fraction of sp³-hybridized carbons (Fsp3) is 0.0476. The summed E-state index contributed by atoms with van der Waals surface area (Å²) in [4.78, 5) is 26.3. The van der Waals surface area contributed by atoms with E-state index < -0.39 is 11.8 Å². The van der Waals surface area contributed by atoms with Gasteiger partial charge in [0.15, 0.2) is 5.11 Å². The maximum absolute atomic E-state index is 12.7. The van der Waals surface area contributed by atoms with Gasteiger partial charge in [0.2, 0.25) is 0 Å². The van der Waals surface area contributed by atoms with E-state index in [9.17, 15) is 14.9 Å². The van der Waals surface area contributed by atoms with Gasteiger partial charge in [0.05, 0.1) is 5.56 Å². The molecule has 7 heteroatoms. The number of nitrogens with one attached hydrogen (secondary N) is 1. The zero-order valence-corrected chi connectivity index (χ0v) is 15.5. The van der Waals surface area contributed by atoms with Crippen molar-refractivity contribution in [1.29, 1.82) is 5.26 Å². The van der Waals surface area contributed by atoms with Crippen LogP contribution in [0.3, 0.4) is 0 Å². The van der Waals surface area contributed by atoms with Crippen molar-refractivity contribution >= 4 is 35.2 Å². The number of carbonyl (C=O) groups excluding carboxylic acids is 2. The van der Waals surface area contributed by atoms with Crippen LogP contribution >= 0.6 is 12.2 Å². The minimum absolute atomic E-state index is 0.0412. The molecule has 0 atom stereocenters. The SMILES string of the molecule is C=CCN1C(=O)/C(=C/c2ccccc2Oc2ccccc2C#N)C(=O)NC1=S. The van der Waals surface area contributed by atoms with Crippen LogP contribution in [0.25, 0.3) is 6.08 Å². The Morgan fingerprint density at radius 1 is 1.14 bits per heavy atom. The zero-order valence-electron chi connectivity index (χ0n) is 14.7. The smallest absolute Gasteiger partial charge is 0.265 e. The van der Waals surface area contributed by atoms with E-state index in [0.717, 1.165) is 0 Å². The Morgan fingerprint density at radius 3 is 2.54 bits per heavy atom. The van der Waals surface area contributed by atoms with Gasteiger partial charge in [-0.25, -0.2) is 0 Å². The molecule has 1 aliphatic rings. The second-order valence-corrected chi connectivity index (χ2v) is 6.16. The number of hydrogen-bond acceptors (Lipinski definition) is 5. The Morgan fingerprint density at radius 2 is 1.82 bits per heavy atom. The van der Waals surface area contributed by atoms with Crippen molar-refractivity contribution in [2.75, 3.05) is 6.54 Å². The average molecular weight is 389 g/mol. The number of ether oxygens (including phenoxy) is 1. The van der Waals surface area contributed by atoms with E-state index in [1.165, 1.54) is 17.1 Å². The van der Waals surface area contributed by atoms with Gasteiger partial charge in [-0.15, -0.1) is 6.58 Å². The summed E-state index contributed by atoms with van der Waals surface area (Å²) in [5.41, 5.74) is 0.819. The average Bonchev–Trinajstić information content (AvgIpc) is 2.70. The Hall–Kier alpha value is -3.76. The first kappa shape index (κ1) is 19.0. The lowest BCUT2D eigenvalue weighted by Crippen LogP contribution is -2.53. The predicted molar refractivity (Wildman–Crippen MR) is 108 cm³/mol. The Kier molecular flexibility index (Phi) is 5.63. The van der Waals surface area contributed by atoms with Crippen LogP contribution in [0.5, 0.6) is 11.5 Å². The van der Waals surface area contributed by atoms with Crippen LogP contribution in [0.15, 0.2) is 66.8 Å². The van der Waals surface area contributed by atoms with E-state index in [1.54, 1.807) is 48.5 Å². The van der Waals surface area contributed by atoms with Gasteiger partial charge < -0.3 is 4.74 Å². The van der Waals surface area contributed by atoms with Gasteiger partial charge in [-0.3, -0.25) is 19.8 Å². The highest BCUT2D eigenvalue weighted by Crippen LogP contribution is 2.29. The molecular formula is C21H15N3O3S. The van der Waals surface area contributed by atoms with Crippen molar-refractivity contribution in [3.05, 3.63) is 77.9 Å². The summed E-state index contributed by atoms with van der Waals surface area (Å²) in [6, 6.07) is 15.8. The van der Waals surface area contributed by atoms with Crippen molar-refractivity contribution in [3.8, 4) is 17.6 Å².